The fraction of sp³-hybridized carbons (Fsp3) is 0.214. The van der Waals surface area contributed by atoms with Gasteiger partial charge in [0.25, 0.3) is 5.91 Å². The maximum Gasteiger partial charge on any atom is 0.328 e. The normalized spacial score (nSPS) is 10.1. The van der Waals surface area contributed by atoms with Gasteiger partial charge in [-0.1, -0.05) is 0 Å². The van der Waals surface area contributed by atoms with Crippen molar-refractivity contribution in [1.29, 1.82) is 5.26 Å². The molecule has 0 radical (unpaired) electrons. The van der Waals surface area contributed by atoms with Crippen LogP contribution in [0.2, 0.25) is 0 Å². The Labute approximate surface area is 120 Å². The Morgan fingerprint density at radius 3 is 2.86 bits per heavy atom. The molecule has 0 atom stereocenters. The molecule has 0 aliphatic rings. The molecular weight excluding hydrogens is 279 g/mol. The van der Waals surface area contributed by atoms with E-state index < -0.39 is 17.7 Å². The SMILES string of the molecule is N#CCCNC(=O)COc1cc(F)cc(/C=C/C(=O)O)c1. The minimum Gasteiger partial charge on any atom is -0.484 e. The highest BCUT2D eigenvalue weighted by Crippen LogP contribution is 2.17. The van der Waals surface area contributed by atoms with Crippen LogP contribution in [0.1, 0.15) is 12.0 Å². The van der Waals surface area contributed by atoms with Crippen molar-refractivity contribution in [3.63, 3.8) is 0 Å². The molecular formula is C14H13FN2O4. The number of carbonyl (C=O) groups is 2. The Hall–Kier alpha value is -2.88. The first-order valence-corrected chi connectivity index (χ1v) is 5.99. The standard InChI is InChI=1S/C14H13FN2O4/c15-11-6-10(2-3-14(19)20)7-12(8-11)21-9-13(18)17-5-1-4-16/h2-3,6-8H,1,5,9H2,(H,17,18)(H,19,20)/b3-2+. The highest BCUT2D eigenvalue weighted by molar-refractivity contribution is 5.85. The van der Waals surface area contributed by atoms with Gasteiger partial charge in [0.2, 0.25) is 0 Å². The minimum absolute atomic E-state index is 0.107. The summed E-state index contributed by atoms with van der Waals surface area (Å²) in [6, 6.07) is 5.50. The van der Waals surface area contributed by atoms with Crippen molar-refractivity contribution in [2.45, 2.75) is 6.42 Å². The van der Waals surface area contributed by atoms with Gasteiger partial charge in [0, 0.05) is 18.7 Å². The molecule has 1 aromatic carbocycles. The number of nitrogens with zero attached hydrogens (tertiary/aromatic N) is 1. The van der Waals surface area contributed by atoms with Crippen LogP contribution in [0.4, 0.5) is 4.39 Å². The summed E-state index contributed by atoms with van der Waals surface area (Å²) in [4.78, 5) is 21.7. The molecule has 0 spiro atoms. The van der Waals surface area contributed by atoms with Crippen molar-refractivity contribution < 1.29 is 23.8 Å². The van der Waals surface area contributed by atoms with Gasteiger partial charge < -0.3 is 15.2 Å². The van der Waals surface area contributed by atoms with Crippen molar-refractivity contribution in [3.8, 4) is 11.8 Å². The zero-order chi connectivity index (χ0) is 15.7. The third kappa shape index (κ3) is 6.73. The predicted molar refractivity (Wildman–Crippen MR) is 71.8 cm³/mol. The van der Waals surface area contributed by atoms with E-state index in [9.17, 15) is 14.0 Å². The number of nitrogens with one attached hydrogen (secondary N) is 1. The molecule has 0 fully saturated rings. The van der Waals surface area contributed by atoms with E-state index in [2.05, 4.69) is 5.32 Å². The molecule has 2 N–H and O–H groups in total. The molecule has 0 heterocycles. The smallest absolute Gasteiger partial charge is 0.328 e. The third-order valence-corrected chi connectivity index (χ3v) is 2.24. The maximum atomic E-state index is 13.3. The van der Waals surface area contributed by atoms with Crippen LogP contribution in [0.15, 0.2) is 24.3 Å². The van der Waals surface area contributed by atoms with E-state index in [1.54, 1.807) is 0 Å². The summed E-state index contributed by atoms with van der Waals surface area (Å²) >= 11 is 0. The van der Waals surface area contributed by atoms with Gasteiger partial charge in [0.15, 0.2) is 6.61 Å². The first-order chi connectivity index (χ1) is 10.0. The van der Waals surface area contributed by atoms with Crippen LogP contribution in [0.5, 0.6) is 5.75 Å². The summed E-state index contributed by atoms with van der Waals surface area (Å²) in [5, 5.41) is 19.3. The summed E-state index contributed by atoms with van der Waals surface area (Å²) in [6.45, 7) is -0.106. The highest BCUT2D eigenvalue weighted by Gasteiger charge is 2.04. The maximum absolute atomic E-state index is 13.3. The number of carboxylic acids is 1. The quantitative estimate of drug-likeness (QED) is 0.583. The van der Waals surface area contributed by atoms with Gasteiger partial charge in [0.1, 0.15) is 11.6 Å². The first-order valence-electron chi connectivity index (χ1n) is 5.99. The van der Waals surface area contributed by atoms with E-state index in [0.29, 0.717) is 5.56 Å². The van der Waals surface area contributed by atoms with E-state index in [-0.39, 0.29) is 25.3 Å². The Morgan fingerprint density at radius 2 is 2.19 bits per heavy atom. The largest absolute Gasteiger partial charge is 0.484 e. The number of carbonyl (C=O) groups excluding carboxylic acids is 1. The molecule has 0 aliphatic carbocycles. The number of nitriles is 1. The Bertz CT molecular complexity index is 593. The van der Waals surface area contributed by atoms with Gasteiger partial charge in [0.05, 0.1) is 12.5 Å². The molecule has 1 rings (SSSR count). The molecule has 1 aromatic rings. The minimum atomic E-state index is -1.15. The second-order valence-electron chi connectivity index (χ2n) is 3.94. The van der Waals surface area contributed by atoms with Crippen LogP contribution < -0.4 is 10.1 Å². The molecule has 21 heavy (non-hydrogen) atoms. The number of rotatable bonds is 7. The Balaban J connectivity index is 2.61. The summed E-state index contributed by atoms with van der Waals surface area (Å²) in [5.74, 6) is -2.09. The third-order valence-electron chi connectivity index (χ3n) is 2.24. The van der Waals surface area contributed by atoms with Gasteiger partial charge in [-0.25, -0.2) is 9.18 Å². The van der Waals surface area contributed by atoms with Gasteiger partial charge in [-0.15, -0.1) is 0 Å². The lowest BCUT2D eigenvalue weighted by Gasteiger charge is -2.07. The number of hydrogen-bond donors (Lipinski definition) is 2. The van der Waals surface area contributed by atoms with Crippen molar-refractivity contribution >= 4 is 18.0 Å². The molecule has 0 bridgehead atoms. The van der Waals surface area contributed by atoms with E-state index in [0.717, 1.165) is 18.2 Å². The molecule has 7 heteroatoms. The lowest BCUT2D eigenvalue weighted by atomic mass is 10.2. The predicted octanol–water partition coefficient (Wildman–Crippen LogP) is 1.33. The topological polar surface area (TPSA) is 99.4 Å². The van der Waals surface area contributed by atoms with Crippen LogP contribution in [-0.4, -0.2) is 30.1 Å². The lowest BCUT2D eigenvalue weighted by Crippen LogP contribution is -2.29. The summed E-state index contributed by atoms with van der Waals surface area (Å²) in [6.07, 6.45) is 2.27. The highest BCUT2D eigenvalue weighted by atomic mass is 19.1. The van der Waals surface area contributed by atoms with Gasteiger partial charge in [-0.2, -0.15) is 5.26 Å². The van der Waals surface area contributed by atoms with Crippen molar-refractivity contribution in [1.82, 2.24) is 5.32 Å². The number of halogens is 1. The summed E-state index contributed by atoms with van der Waals surface area (Å²) < 4.78 is 18.4. The first kappa shape index (κ1) is 16.2. The van der Waals surface area contributed by atoms with Gasteiger partial charge >= 0.3 is 5.97 Å². The van der Waals surface area contributed by atoms with Gasteiger partial charge in [-0.05, 0) is 23.8 Å². The van der Waals surface area contributed by atoms with Crippen molar-refractivity contribution in [2.24, 2.45) is 0 Å². The number of amides is 1. The number of benzene rings is 1. The second-order valence-corrected chi connectivity index (χ2v) is 3.94. The number of hydrogen-bond acceptors (Lipinski definition) is 4. The van der Waals surface area contributed by atoms with Crippen molar-refractivity contribution in [3.05, 3.63) is 35.7 Å². The van der Waals surface area contributed by atoms with Crippen LogP contribution in [0.25, 0.3) is 6.08 Å². The molecule has 6 nitrogen and oxygen atoms in total. The molecule has 0 saturated carbocycles. The summed E-state index contributed by atoms with van der Waals surface area (Å²) in [5.41, 5.74) is 0.303. The lowest BCUT2D eigenvalue weighted by molar-refractivity contribution is -0.131. The fourth-order valence-electron chi connectivity index (χ4n) is 1.39. The average Bonchev–Trinajstić information content (AvgIpc) is 2.43. The van der Waals surface area contributed by atoms with Crippen LogP contribution in [0.3, 0.4) is 0 Å². The Kier molecular flexibility index (Phi) is 6.41. The molecule has 0 aliphatic heterocycles. The fourth-order valence-corrected chi connectivity index (χ4v) is 1.39. The van der Waals surface area contributed by atoms with Crippen LogP contribution in [-0.2, 0) is 9.59 Å². The molecule has 1 amide bonds. The van der Waals surface area contributed by atoms with E-state index in [1.165, 1.54) is 12.1 Å². The Morgan fingerprint density at radius 1 is 1.43 bits per heavy atom. The zero-order valence-electron chi connectivity index (χ0n) is 11.0. The van der Waals surface area contributed by atoms with Gasteiger partial charge in [-0.3, -0.25) is 4.79 Å². The van der Waals surface area contributed by atoms with E-state index in [4.69, 9.17) is 15.1 Å². The second kappa shape index (κ2) is 8.32. The molecule has 0 aromatic heterocycles. The van der Waals surface area contributed by atoms with Crippen LogP contribution >= 0.6 is 0 Å². The zero-order valence-corrected chi connectivity index (χ0v) is 11.0. The number of ether oxygens (including phenoxy) is 1. The average molecular weight is 292 g/mol. The number of aliphatic carboxylic acids is 1. The van der Waals surface area contributed by atoms with Crippen LogP contribution in [0, 0.1) is 17.1 Å². The summed E-state index contributed by atoms with van der Waals surface area (Å²) in [7, 11) is 0. The molecule has 0 saturated heterocycles. The monoisotopic (exact) mass is 292 g/mol. The molecule has 110 valence electrons. The van der Waals surface area contributed by atoms with Crippen molar-refractivity contribution in [2.75, 3.05) is 13.2 Å². The number of carboxylic acid groups (broad SMARTS) is 1. The molecule has 0 unspecified atom stereocenters. The van der Waals surface area contributed by atoms with E-state index >= 15 is 0 Å². The van der Waals surface area contributed by atoms with E-state index in [1.807, 2.05) is 6.07 Å².